The van der Waals surface area contributed by atoms with Crippen LogP contribution >= 0.6 is 0 Å². The minimum absolute atomic E-state index is 0.119. The van der Waals surface area contributed by atoms with Crippen LogP contribution in [0.1, 0.15) is 246 Å². The minimum atomic E-state index is -0.691. The molecule has 2 rings (SSSR count). The van der Waals surface area contributed by atoms with E-state index in [0.717, 1.165) is 141 Å². The second-order valence-corrected chi connectivity index (χ2v) is 21.9. The maximum absolute atomic E-state index is 14.3. The highest BCUT2D eigenvalue weighted by Gasteiger charge is 2.36. The van der Waals surface area contributed by atoms with Crippen LogP contribution in [0.15, 0.2) is 12.2 Å². The van der Waals surface area contributed by atoms with E-state index in [1.807, 2.05) is 19.2 Å². The summed E-state index contributed by atoms with van der Waals surface area (Å²) < 4.78 is 40.4. The molecule has 0 aromatic heterocycles. The lowest BCUT2D eigenvalue weighted by Gasteiger charge is -2.37. The highest BCUT2D eigenvalue weighted by molar-refractivity contribution is 5.73. The predicted molar refractivity (Wildman–Crippen MR) is 299 cm³/mol. The van der Waals surface area contributed by atoms with Gasteiger partial charge in [0.2, 0.25) is 0 Å². The minimum Gasteiger partial charge on any atom is -0.465 e. The van der Waals surface area contributed by atoms with Crippen LogP contribution in [0.3, 0.4) is 0 Å². The quantitative estimate of drug-likeness (QED) is 0.0242. The average Bonchev–Trinajstić information content (AvgIpc) is 3.63. The molecule has 1 unspecified atom stereocenters. The molecule has 0 spiro atoms. The molecular weight excluding hydrogens is 985 g/mol. The molecule has 0 aromatic carbocycles. The van der Waals surface area contributed by atoms with E-state index < -0.39 is 42.0 Å². The molecular formula is C61H106N2O14. The number of piperidine rings is 1. The molecule has 16 heteroatoms. The van der Waals surface area contributed by atoms with E-state index in [4.69, 9.17) is 33.2 Å². The first kappa shape index (κ1) is 68.9. The number of ether oxygens (including phenoxy) is 7. The highest BCUT2D eigenvalue weighted by Crippen LogP contribution is 2.24. The second-order valence-electron chi connectivity index (χ2n) is 21.9. The molecule has 2 heterocycles. The summed E-state index contributed by atoms with van der Waals surface area (Å²) in [5.41, 5.74) is 0. The van der Waals surface area contributed by atoms with Crippen LogP contribution in [0.5, 0.6) is 0 Å². The SMILES string of the molecule is CCCCCCCCC(=O)OCC(COC(=O)CCCCCCCC)CC(=O)OC[C@@H]1CC=CC[C@@H](COC(=O)CC(COC(=O)CCCCCCCC)COC(=O)CCCCCCCC)N1C(=O)OC1CCCN(C)C1. The van der Waals surface area contributed by atoms with Gasteiger partial charge in [-0.25, -0.2) is 4.79 Å². The van der Waals surface area contributed by atoms with E-state index in [9.17, 15) is 33.6 Å². The smallest absolute Gasteiger partial charge is 0.410 e. The molecule has 0 aliphatic carbocycles. The highest BCUT2D eigenvalue weighted by atomic mass is 16.6. The van der Waals surface area contributed by atoms with Crippen LogP contribution in [0.2, 0.25) is 0 Å². The predicted octanol–water partition coefficient (Wildman–Crippen LogP) is 12.9. The van der Waals surface area contributed by atoms with Gasteiger partial charge in [-0.05, 0) is 65.0 Å². The molecule has 1 amide bonds. The molecule has 3 atom stereocenters. The number of unbranched alkanes of at least 4 members (excludes halogenated alkanes) is 20. The van der Waals surface area contributed by atoms with Crippen molar-refractivity contribution < 1.29 is 66.7 Å². The Hall–Kier alpha value is -4.21. The Kier molecular flexibility index (Phi) is 40.8. The van der Waals surface area contributed by atoms with E-state index in [1.165, 1.54) is 4.90 Å². The maximum atomic E-state index is 14.3. The largest absolute Gasteiger partial charge is 0.465 e. The summed E-state index contributed by atoms with van der Waals surface area (Å²) in [6, 6.07) is -1.38. The van der Waals surface area contributed by atoms with Gasteiger partial charge in [-0.3, -0.25) is 33.7 Å². The standard InChI is InChI=1S/C61H106N2O14/c1-6-10-14-18-22-26-36-55(64)71-44-50(45-72-56(65)37-27-23-19-15-11-7-2)41-59(68)75-48-52-33-30-31-34-53(63(52)61(70)77-54-35-32-40-62(5)43-54)49-76-60(69)42-51(46-73-57(66)38-28-24-20-16-12-8-3)47-74-58(67)39-29-25-21-17-13-9-4/h30-31,50-54H,6-29,32-49H2,1-5H3/t52-,53-,54?/m0/s1. The zero-order chi connectivity index (χ0) is 56.1. The molecule has 2 aliphatic heterocycles. The fraction of sp³-hybridized carbons (Fsp3) is 0.852. The lowest BCUT2D eigenvalue weighted by atomic mass is 10.1. The van der Waals surface area contributed by atoms with Crippen LogP contribution in [0.4, 0.5) is 4.79 Å². The van der Waals surface area contributed by atoms with Gasteiger partial charge in [0.15, 0.2) is 0 Å². The lowest BCUT2D eigenvalue weighted by molar-refractivity contribution is -0.156. The second kappa shape index (κ2) is 45.6. The summed E-state index contributed by atoms with van der Waals surface area (Å²) in [5, 5.41) is 0. The van der Waals surface area contributed by atoms with Crippen LogP contribution in [0.25, 0.3) is 0 Å². The van der Waals surface area contributed by atoms with Crippen molar-refractivity contribution in [3.05, 3.63) is 12.2 Å². The molecule has 0 bridgehead atoms. The Bertz CT molecular complexity index is 1480. The van der Waals surface area contributed by atoms with Crippen molar-refractivity contribution in [1.82, 2.24) is 9.80 Å². The van der Waals surface area contributed by atoms with Crippen molar-refractivity contribution >= 4 is 41.9 Å². The molecule has 0 saturated carbocycles. The van der Waals surface area contributed by atoms with Gasteiger partial charge in [-0.1, -0.05) is 168 Å². The Morgan fingerprint density at radius 2 is 0.766 bits per heavy atom. The Morgan fingerprint density at radius 1 is 0.442 bits per heavy atom. The Labute approximate surface area is 464 Å². The monoisotopic (exact) mass is 1090 g/mol. The van der Waals surface area contributed by atoms with Crippen molar-refractivity contribution in [2.45, 2.75) is 264 Å². The van der Waals surface area contributed by atoms with Crippen LogP contribution < -0.4 is 0 Å². The fourth-order valence-electron chi connectivity index (χ4n) is 9.68. The maximum Gasteiger partial charge on any atom is 0.410 e. The van der Waals surface area contributed by atoms with Crippen molar-refractivity contribution in [2.24, 2.45) is 11.8 Å². The number of amides is 1. The first-order valence-electron chi connectivity index (χ1n) is 30.6. The molecule has 0 aromatic rings. The number of carbonyl (C=O) groups is 7. The topological polar surface area (TPSA) is 191 Å². The van der Waals surface area contributed by atoms with Gasteiger partial charge in [0.1, 0.15) is 19.3 Å². The van der Waals surface area contributed by atoms with Crippen molar-refractivity contribution in [3.63, 3.8) is 0 Å². The third-order valence-corrected chi connectivity index (χ3v) is 14.5. The number of rotatable bonds is 45. The van der Waals surface area contributed by atoms with Crippen LogP contribution in [-0.4, -0.2) is 130 Å². The number of likely N-dealkylation sites (N-methyl/N-ethyl adjacent to an activating group) is 1. The number of likely N-dealkylation sites (tertiary alicyclic amines) is 1. The molecule has 77 heavy (non-hydrogen) atoms. The first-order chi connectivity index (χ1) is 37.4. The first-order valence-corrected chi connectivity index (χ1v) is 30.6. The van der Waals surface area contributed by atoms with Crippen molar-refractivity contribution in [2.75, 3.05) is 59.8 Å². The van der Waals surface area contributed by atoms with E-state index in [0.29, 0.717) is 51.5 Å². The van der Waals surface area contributed by atoms with E-state index >= 15 is 0 Å². The molecule has 16 nitrogen and oxygen atoms in total. The normalized spacial score (nSPS) is 16.7. The number of nitrogens with zero attached hydrogens (tertiary/aromatic N) is 2. The van der Waals surface area contributed by atoms with Gasteiger partial charge < -0.3 is 38.1 Å². The summed E-state index contributed by atoms with van der Waals surface area (Å²) in [5.74, 6) is -3.99. The molecule has 1 saturated heterocycles. The number of hydrogen-bond donors (Lipinski definition) is 0. The molecule has 0 radical (unpaired) electrons. The zero-order valence-corrected chi connectivity index (χ0v) is 48.8. The summed E-state index contributed by atoms with van der Waals surface area (Å²) in [4.78, 5) is 96.4. The lowest BCUT2D eigenvalue weighted by Crippen LogP contribution is -2.52. The van der Waals surface area contributed by atoms with Crippen LogP contribution in [-0.2, 0) is 61.9 Å². The van der Waals surface area contributed by atoms with E-state index in [1.54, 1.807) is 0 Å². The third-order valence-electron chi connectivity index (χ3n) is 14.5. The summed E-state index contributed by atoms with van der Waals surface area (Å²) >= 11 is 0. The third kappa shape index (κ3) is 35.8. The fourth-order valence-corrected chi connectivity index (χ4v) is 9.68. The van der Waals surface area contributed by atoms with Gasteiger partial charge in [0.05, 0.1) is 51.4 Å². The average molecular weight is 1090 g/mol. The van der Waals surface area contributed by atoms with Gasteiger partial charge >= 0.3 is 41.9 Å². The molecule has 444 valence electrons. The van der Waals surface area contributed by atoms with E-state index in [2.05, 4.69) is 32.6 Å². The molecule has 2 aliphatic rings. The Balaban J connectivity index is 2.18. The van der Waals surface area contributed by atoms with Gasteiger partial charge in [0.25, 0.3) is 0 Å². The summed E-state index contributed by atoms with van der Waals surface area (Å²) in [7, 11) is 1.97. The van der Waals surface area contributed by atoms with Crippen LogP contribution in [0, 0.1) is 11.8 Å². The Morgan fingerprint density at radius 3 is 1.09 bits per heavy atom. The zero-order valence-electron chi connectivity index (χ0n) is 48.8. The number of carbonyl (C=O) groups excluding carboxylic acids is 7. The van der Waals surface area contributed by atoms with Gasteiger partial charge in [-0.15, -0.1) is 0 Å². The van der Waals surface area contributed by atoms with Gasteiger partial charge in [0, 0.05) is 44.1 Å². The summed E-state index contributed by atoms with van der Waals surface area (Å²) in [6.45, 7) is 9.19. The number of esters is 6. The van der Waals surface area contributed by atoms with Crippen molar-refractivity contribution in [3.8, 4) is 0 Å². The summed E-state index contributed by atoms with van der Waals surface area (Å²) in [6.07, 6.45) is 30.2. The van der Waals surface area contributed by atoms with E-state index in [-0.39, 0.29) is 108 Å². The van der Waals surface area contributed by atoms with Crippen molar-refractivity contribution in [1.29, 1.82) is 0 Å². The molecule has 1 fully saturated rings. The van der Waals surface area contributed by atoms with Gasteiger partial charge in [-0.2, -0.15) is 0 Å². The molecule has 0 N–H and O–H groups in total. The number of hydrogen-bond acceptors (Lipinski definition) is 15.